The van der Waals surface area contributed by atoms with E-state index in [4.69, 9.17) is 4.74 Å². The summed E-state index contributed by atoms with van der Waals surface area (Å²) in [5.41, 5.74) is 1.96. The normalized spacial score (nSPS) is 21.1. The number of aliphatic hydroxyl groups excluding tert-OH is 1. The van der Waals surface area contributed by atoms with Crippen LogP contribution in [-0.4, -0.2) is 33.3 Å². The Kier molecular flexibility index (Phi) is 4.76. The molecule has 0 radical (unpaired) electrons. The quantitative estimate of drug-likeness (QED) is 0.880. The smallest absolute Gasteiger partial charge is 0.359 e. The summed E-state index contributed by atoms with van der Waals surface area (Å²) in [6.45, 7) is 2.09. The lowest BCUT2D eigenvalue weighted by atomic mass is 9.92. The molecule has 0 spiro atoms. The predicted octanol–water partition coefficient (Wildman–Crippen LogP) is 3.20. The van der Waals surface area contributed by atoms with Crippen LogP contribution in [0.15, 0.2) is 36.7 Å². The molecule has 0 saturated heterocycles. The Bertz CT molecular complexity index is 666. The Labute approximate surface area is 135 Å². The molecular weight excluding hydrogens is 292 g/mol. The fourth-order valence-electron chi connectivity index (χ4n) is 3.26. The first-order valence-electron chi connectivity index (χ1n) is 8.19. The van der Waals surface area contributed by atoms with E-state index >= 15 is 0 Å². The second-order valence-electron chi connectivity index (χ2n) is 5.85. The minimum absolute atomic E-state index is 0.0466. The van der Waals surface area contributed by atoms with Crippen molar-refractivity contribution in [2.45, 2.75) is 44.8 Å². The summed E-state index contributed by atoms with van der Waals surface area (Å²) >= 11 is 0. The third-order valence-electron chi connectivity index (χ3n) is 4.36. The van der Waals surface area contributed by atoms with Gasteiger partial charge in [-0.2, -0.15) is 0 Å². The maximum absolute atomic E-state index is 12.3. The van der Waals surface area contributed by atoms with E-state index in [1.54, 1.807) is 13.3 Å². The summed E-state index contributed by atoms with van der Waals surface area (Å²) in [4.78, 5) is 16.6. The number of hydrogen-bond donors (Lipinski definition) is 1. The maximum atomic E-state index is 12.3. The molecule has 1 heterocycles. The molecule has 5 heteroatoms. The van der Waals surface area contributed by atoms with Gasteiger partial charge >= 0.3 is 5.97 Å². The summed E-state index contributed by atoms with van der Waals surface area (Å²) in [5.74, 6) is -0.421. The van der Waals surface area contributed by atoms with Gasteiger partial charge in [0.15, 0.2) is 5.69 Å². The molecule has 1 fully saturated rings. The van der Waals surface area contributed by atoms with E-state index in [2.05, 4.69) is 4.98 Å². The minimum Gasteiger partial charge on any atom is -0.461 e. The van der Waals surface area contributed by atoms with Gasteiger partial charge in [-0.05, 0) is 19.8 Å². The van der Waals surface area contributed by atoms with E-state index in [-0.39, 0.29) is 6.04 Å². The van der Waals surface area contributed by atoms with Crippen LogP contribution in [0.4, 0.5) is 0 Å². The van der Waals surface area contributed by atoms with E-state index in [0.29, 0.717) is 12.3 Å². The van der Waals surface area contributed by atoms with Crippen molar-refractivity contribution in [1.82, 2.24) is 9.55 Å². The average molecular weight is 314 g/mol. The summed E-state index contributed by atoms with van der Waals surface area (Å²) in [6.07, 6.45) is 5.04. The van der Waals surface area contributed by atoms with Gasteiger partial charge < -0.3 is 14.4 Å². The summed E-state index contributed by atoms with van der Waals surface area (Å²) < 4.78 is 7.09. The van der Waals surface area contributed by atoms with E-state index in [9.17, 15) is 9.90 Å². The van der Waals surface area contributed by atoms with Crippen LogP contribution in [-0.2, 0) is 4.74 Å². The van der Waals surface area contributed by atoms with Crippen molar-refractivity contribution in [1.29, 1.82) is 0 Å². The Morgan fingerprint density at radius 1 is 1.30 bits per heavy atom. The minimum atomic E-state index is -0.421. The molecule has 2 unspecified atom stereocenters. The first-order chi connectivity index (χ1) is 11.2. The highest BCUT2D eigenvalue weighted by Gasteiger charge is 2.29. The standard InChI is InChI=1S/C18H22N2O3/c1-2-23-18(22)16-17(13-8-4-3-5-9-13)20(12-19-16)14-10-6-7-11-15(14)21/h3-5,8-9,12,14-15,21H,2,6-7,10-11H2,1H3. The Morgan fingerprint density at radius 3 is 2.74 bits per heavy atom. The first kappa shape index (κ1) is 15.7. The highest BCUT2D eigenvalue weighted by atomic mass is 16.5. The van der Waals surface area contributed by atoms with Crippen molar-refractivity contribution in [2.75, 3.05) is 6.61 Å². The molecule has 2 aromatic rings. The molecule has 5 nitrogen and oxygen atoms in total. The van der Waals surface area contributed by atoms with Gasteiger partial charge in [-0.25, -0.2) is 9.78 Å². The topological polar surface area (TPSA) is 64.3 Å². The number of rotatable bonds is 4. The van der Waals surface area contributed by atoms with E-state index in [1.165, 1.54) is 0 Å². The number of benzene rings is 1. The predicted molar refractivity (Wildman–Crippen MR) is 87.1 cm³/mol. The number of imidazole rings is 1. The number of hydrogen-bond acceptors (Lipinski definition) is 4. The fraction of sp³-hybridized carbons (Fsp3) is 0.444. The zero-order valence-corrected chi connectivity index (χ0v) is 13.3. The molecule has 1 N–H and O–H groups in total. The summed E-state index contributed by atoms with van der Waals surface area (Å²) in [5, 5.41) is 10.4. The molecule has 0 amide bonds. The van der Waals surface area contributed by atoms with Gasteiger partial charge in [0, 0.05) is 5.56 Å². The molecule has 122 valence electrons. The Hall–Kier alpha value is -2.14. The van der Waals surface area contributed by atoms with Crippen molar-refractivity contribution >= 4 is 5.97 Å². The molecule has 1 aliphatic rings. The lowest BCUT2D eigenvalue weighted by Crippen LogP contribution is -2.27. The number of ether oxygens (including phenoxy) is 1. The maximum Gasteiger partial charge on any atom is 0.359 e. The molecule has 23 heavy (non-hydrogen) atoms. The molecule has 2 atom stereocenters. The molecule has 1 aliphatic carbocycles. The number of carbonyl (C=O) groups excluding carboxylic acids is 1. The van der Waals surface area contributed by atoms with Gasteiger partial charge in [-0.15, -0.1) is 0 Å². The average Bonchev–Trinajstić information content (AvgIpc) is 3.01. The van der Waals surface area contributed by atoms with Crippen LogP contribution in [0, 0.1) is 0 Å². The molecule has 0 aliphatic heterocycles. The lowest BCUT2D eigenvalue weighted by molar-refractivity contribution is 0.0519. The third-order valence-corrected chi connectivity index (χ3v) is 4.36. The van der Waals surface area contributed by atoms with Crippen molar-refractivity contribution in [2.24, 2.45) is 0 Å². The number of aliphatic hydroxyl groups is 1. The van der Waals surface area contributed by atoms with Crippen LogP contribution in [0.3, 0.4) is 0 Å². The lowest BCUT2D eigenvalue weighted by Gasteiger charge is -2.30. The van der Waals surface area contributed by atoms with E-state index in [0.717, 1.165) is 36.9 Å². The third kappa shape index (κ3) is 3.15. The summed E-state index contributed by atoms with van der Waals surface area (Å²) in [7, 11) is 0. The second-order valence-corrected chi connectivity index (χ2v) is 5.85. The van der Waals surface area contributed by atoms with Gasteiger partial charge in [0.2, 0.25) is 0 Å². The van der Waals surface area contributed by atoms with Gasteiger partial charge in [-0.1, -0.05) is 43.2 Å². The van der Waals surface area contributed by atoms with Crippen molar-refractivity contribution in [3.05, 3.63) is 42.4 Å². The Morgan fingerprint density at radius 2 is 2.04 bits per heavy atom. The fourth-order valence-corrected chi connectivity index (χ4v) is 3.26. The van der Waals surface area contributed by atoms with Crippen LogP contribution < -0.4 is 0 Å². The van der Waals surface area contributed by atoms with Crippen molar-refractivity contribution < 1.29 is 14.6 Å². The monoisotopic (exact) mass is 314 g/mol. The Balaban J connectivity index is 2.07. The van der Waals surface area contributed by atoms with E-state index < -0.39 is 12.1 Å². The highest BCUT2D eigenvalue weighted by Crippen LogP contribution is 2.34. The molecule has 1 aromatic heterocycles. The first-order valence-corrected chi connectivity index (χ1v) is 8.19. The number of carbonyl (C=O) groups is 1. The van der Waals surface area contributed by atoms with Crippen molar-refractivity contribution in [3.63, 3.8) is 0 Å². The highest BCUT2D eigenvalue weighted by molar-refractivity contribution is 5.94. The molecule has 3 rings (SSSR count). The van der Waals surface area contributed by atoms with Crippen LogP contribution in [0.25, 0.3) is 11.3 Å². The van der Waals surface area contributed by atoms with Gasteiger partial charge in [0.05, 0.1) is 30.8 Å². The number of esters is 1. The molecule has 1 saturated carbocycles. The zero-order chi connectivity index (χ0) is 16.2. The van der Waals surface area contributed by atoms with Gasteiger partial charge in [-0.3, -0.25) is 0 Å². The van der Waals surface area contributed by atoms with Crippen LogP contribution >= 0.6 is 0 Å². The molecule has 0 bridgehead atoms. The van der Waals surface area contributed by atoms with Crippen LogP contribution in [0.1, 0.15) is 49.1 Å². The number of aromatic nitrogens is 2. The largest absolute Gasteiger partial charge is 0.461 e. The van der Waals surface area contributed by atoms with E-state index in [1.807, 2.05) is 34.9 Å². The second kappa shape index (κ2) is 6.96. The van der Waals surface area contributed by atoms with Crippen LogP contribution in [0.2, 0.25) is 0 Å². The summed E-state index contributed by atoms with van der Waals surface area (Å²) in [6, 6.07) is 9.65. The zero-order valence-electron chi connectivity index (χ0n) is 13.3. The van der Waals surface area contributed by atoms with Gasteiger partial charge in [0.25, 0.3) is 0 Å². The van der Waals surface area contributed by atoms with Crippen molar-refractivity contribution in [3.8, 4) is 11.3 Å². The number of nitrogens with zero attached hydrogens (tertiary/aromatic N) is 2. The van der Waals surface area contributed by atoms with Crippen LogP contribution in [0.5, 0.6) is 0 Å². The SMILES string of the molecule is CCOC(=O)c1ncn(C2CCCCC2O)c1-c1ccccc1. The molecular formula is C18H22N2O3. The van der Waals surface area contributed by atoms with Gasteiger partial charge in [0.1, 0.15) is 0 Å². The molecule has 1 aromatic carbocycles.